The lowest BCUT2D eigenvalue weighted by Gasteiger charge is -2.29. The first-order chi connectivity index (χ1) is 12.7. The van der Waals surface area contributed by atoms with E-state index < -0.39 is 0 Å². The van der Waals surface area contributed by atoms with Crippen LogP contribution < -0.4 is 0 Å². The van der Waals surface area contributed by atoms with Crippen molar-refractivity contribution in [1.29, 1.82) is 0 Å². The topological polar surface area (TPSA) is 30.7 Å². The van der Waals surface area contributed by atoms with E-state index in [0.717, 1.165) is 17.0 Å². The molecular weight excluding hydrogens is 330 g/mol. The fourth-order valence-electron chi connectivity index (χ4n) is 3.48. The third-order valence-corrected chi connectivity index (χ3v) is 5.57. The SMILES string of the molecule is Cc1ccccc1-c1nnn(C(C)C)c1-c1ccccc1C(C)C(C)(C)C. The van der Waals surface area contributed by atoms with Crippen LogP contribution in [0.1, 0.15) is 64.6 Å². The molecule has 3 heteroatoms. The fraction of sp³-hybridized carbons (Fsp3) is 0.417. The summed E-state index contributed by atoms with van der Waals surface area (Å²) in [6.07, 6.45) is 0. The Morgan fingerprint density at radius 1 is 0.852 bits per heavy atom. The van der Waals surface area contributed by atoms with Crippen LogP contribution in [0.2, 0.25) is 0 Å². The molecule has 1 aromatic heterocycles. The van der Waals surface area contributed by atoms with Crippen molar-refractivity contribution in [1.82, 2.24) is 15.0 Å². The highest BCUT2D eigenvalue weighted by Crippen LogP contribution is 2.42. The second-order valence-corrected chi connectivity index (χ2v) is 8.81. The Morgan fingerprint density at radius 2 is 1.44 bits per heavy atom. The maximum atomic E-state index is 4.62. The maximum Gasteiger partial charge on any atom is 0.121 e. The van der Waals surface area contributed by atoms with E-state index in [1.165, 1.54) is 16.7 Å². The summed E-state index contributed by atoms with van der Waals surface area (Å²) in [5.74, 6) is 0.411. The van der Waals surface area contributed by atoms with Gasteiger partial charge in [0, 0.05) is 17.2 Å². The smallest absolute Gasteiger partial charge is 0.121 e. The molecule has 0 spiro atoms. The Bertz CT molecular complexity index is 929. The third-order valence-electron chi connectivity index (χ3n) is 5.57. The van der Waals surface area contributed by atoms with Gasteiger partial charge in [-0.15, -0.1) is 5.10 Å². The van der Waals surface area contributed by atoms with Crippen LogP contribution in [0.3, 0.4) is 0 Å². The summed E-state index contributed by atoms with van der Waals surface area (Å²) >= 11 is 0. The Morgan fingerprint density at radius 3 is 2.04 bits per heavy atom. The lowest BCUT2D eigenvalue weighted by atomic mass is 9.76. The second-order valence-electron chi connectivity index (χ2n) is 8.81. The minimum atomic E-state index is 0.176. The van der Waals surface area contributed by atoms with Gasteiger partial charge in [-0.3, -0.25) is 0 Å². The minimum absolute atomic E-state index is 0.176. The van der Waals surface area contributed by atoms with Gasteiger partial charge >= 0.3 is 0 Å². The van der Waals surface area contributed by atoms with Crippen molar-refractivity contribution in [2.45, 2.75) is 60.4 Å². The summed E-state index contributed by atoms with van der Waals surface area (Å²) in [5, 5.41) is 9.16. The van der Waals surface area contributed by atoms with Gasteiger partial charge in [0.25, 0.3) is 0 Å². The summed E-state index contributed by atoms with van der Waals surface area (Å²) < 4.78 is 2.07. The highest BCUT2D eigenvalue weighted by atomic mass is 15.4. The summed E-state index contributed by atoms with van der Waals surface area (Å²) in [5.41, 5.74) is 7.21. The largest absolute Gasteiger partial charge is 0.242 e. The summed E-state index contributed by atoms with van der Waals surface area (Å²) in [4.78, 5) is 0. The van der Waals surface area contributed by atoms with Gasteiger partial charge < -0.3 is 0 Å². The molecule has 3 rings (SSSR count). The lowest BCUT2D eigenvalue weighted by Crippen LogP contribution is -2.17. The molecule has 3 nitrogen and oxygen atoms in total. The van der Waals surface area contributed by atoms with Gasteiger partial charge in [0.05, 0.1) is 5.69 Å². The molecule has 0 saturated heterocycles. The second kappa shape index (κ2) is 7.30. The van der Waals surface area contributed by atoms with Crippen molar-refractivity contribution < 1.29 is 0 Å². The van der Waals surface area contributed by atoms with Gasteiger partial charge in [-0.05, 0) is 43.2 Å². The van der Waals surface area contributed by atoms with Crippen molar-refractivity contribution in [2.75, 3.05) is 0 Å². The standard InChI is InChI=1S/C24H31N3/c1-16(2)27-23(22(25-26-27)19-13-9-8-12-17(19)3)21-15-11-10-14-20(21)18(4)24(5,6)7/h8-16,18H,1-7H3. The Kier molecular flexibility index (Phi) is 5.23. The van der Waals surface area contributed by atoms with Crippen LogP contribution in [0.4, 0.5) is 0 Å². The highest BCUT2D eigenvalue weighted by molar-refractivity contribution is 5.81. The molecule has 0 radical (unpaired) electrons. The predicted octanol–water partition coefficient (Wildman–Crippen LogP) is 6.65. The van der Waals surface area contributed by atoms with Crippen LogP contribution in [-0.2, 0) is 0 Å². The van der Waals surface area contributed by atoms with Crippen LogP contribution in [0.5, 0.6) is 0 Å². The first-order valence-electron chi connectivity index (χ1n) is 9.82. The van der Waals surface area contributed by atoms with Gasteiger partial charge in [0.1, 0.15) is 5.69 Å². The summed E-state index contributed by atoms with van der Waals surface area (Å²) in [6.45, 7) is 15.7. The number of rotatable bonds is 4. The first-order valence-corrected chi connectivity index (χ1v) is 9.82. The number of hydrogen-bond acceptors (Lipinski definition) is 2. The van der Waals surface area contributed by atoms with Crippen LogP contribution in [-0.4, -0.2) is 15.0 Å². The van der Waals surface area contributed by atoms with Gasteiger partial charge in [0.2, 0.25) is 0 Å². The third kappa shape index (κ3) is 3.69. The summed E-state index contributed by atoms with van der Waals surface area (Å²) in [7, 11) is 0. The molecule has 1 heterocycles. The van der Waals surface area contributed by atoms with Crippen LogP contribution in [0, 0.1) is 12.3 Å². The number of benzene rings is 2. The van der Waals surface area contributed by atoms with Crippen molar-refractivity contribution in [3.8, 4) is 22.5 Å². The molecule has 3 aromatic rings. The fourth-order valence-corrected chi connectivity index (χ4v) is 3.48. The zero-order valence-electron chi connectivity index (χ0n) is 17.6. The Labute approximate surface area is 163 Å². The Balaban J connectivity index is 2.30. The molecule has 0 aliphatic heterocycles. The van der Waals surface area contributed by atoms with Crippen molar-refractivity contribution in [3.05, 3.63) is 59.7 Å². The number of aromatic nitrogens is 3. The number of hydrogen-bond donors (Lipinski definition) is 0. The van der Waals surface area contributed by atoms with Crippen LogP contribution in [0.25, 0.3) is 22.5 Å². The van der Waals surface area contributed by atoms with E-state index in [4.69, 9.17) is 0 Å². The van der Waals surface area contributed by atoms with E-state index >= 15 is 0 Å². The zero-order chi connectivity index (χ0) is 19.8. The average molecular weight is 362 g/mol. The lowest BCUT2D eigenvalue weighted by molar-refractivity contribution is 0.340. The van der Waals surface area contributed by atoms with E-state index in [-0.39, 0.29) is 11.5 Å². The zero-order valence-corrected chi connectivity index (χ0v) is 17.6. The summed E-state index contributed by atoms with van der Waals surface area (Å²) in [6, 6.07) is 17.4. The highest BCUT2D eigenvalue weighted by Gasteiger charge is 2.27. The first kappa shape index (κ1) is 19.3. The van der Waals surface area contributed by atoms with Crippen LogP contribution in [0.15, 0.2) is 48.5 Å². The molecule has 2 aromatic carbocycles. The predicted molar refractivity (Wildman–Crippen MR) is 114 cm³/mol. The quantitative estimate of drug-likeness (QED) is 0.521. The van der Waals surface area contributed by atoms with Gasteiger partial charge in [-0.1, -0.05) is 81.4 Å². The van der Waals surface area contributed by atoms with Crippen molar-refractivity contribution >= 4 is 0 Å². The van der Waals surface area contributed by atoms with E-state index in [0.29, 0.717) is 5.92 Å². The molecule has 27 heavy (non-hydrogen) atoms. The molecule has 0 amide bonds. The Hall–Kier alpha value is -2.42. The van der Waals surface area contributed by atoms with Gasteiger partial charge in [-0.25, -0.2) is 4.68 Å². The van der Waals surface area contributed by atoms with Crippen molar-refractivity contribution in [2.24, 2.45) is 5.41 Å². The van der Waals surface area contributed by atoms with Crippen molar-refractivity contribution in [3.63, 3.8) is 0 Å². The van der Waals surface area contributed by atoms with E-state index in [1.807, 2.05) is 0 Å². The van der Waals surface area contributed by atoms with Gasteiger partial charge in [-0.2, -0.15) is 0 Å². The molecule has 0 fully saturated rings. The average Bonchev–Trinajstić information content (AvgIpc) is 3.05. The number of nitrogens with zero attached hydrogens (tertiary/aromatic N) is 3. The number of aryl methyl sites for hydroxylation is 1. The molecule has 1 atom stereocenters. The molecule has 0 aliphatic rings. The normalized spacial score (nSPS) is 13.2. The van der Waals surface area contributed by atoms with Gasteiger partial charge in [0.15, 0.2) is 0 Å². The minimum Gasteiger partial charge on any atom is -0.242 e. The molecule has 0 aliphatic carbocycles. The van der Waals surface area contributed by atoms with Crippen LogP contribution >= 0.6 is 0 Å². The molecule has 0 bridgehead atoms. The molecule has 0 N–H and O–H groups in total. The van der Waals surface area contributed by atoms with E-state index in [2.05, 4.69) is 112 Å². The maximum absolute atomic E-state index is 4.62. The monoisotopic (exact) mass is 361 g/mol. The molecule has 1 unspecified atom stereocenters. The van der Waals surface area contributed by atoms with E-state index in [1.54, 1.807) is 0 Å². The van der Waals surface area contributed by atoms with E-state index in [9.17, 15) is 0 Å². The molecule has 0 saturated carbocycles. The molecule has 142 valence electrons. The molecular formula is C24H31N3.